The highest BCUT2D eigenvalue weighted by atomic mass is 19.1. The Kier molecular flexibility index (Phi) is 5.28. The number of halogens is 1. The number of rotatable bonds is 6. The SMILES string of the molecule is CCN(Cc1ccc(C(=N)N)cc1F)CC(C)C. The Balaban J connectivity index is 2.80. The molecule has 0 aliphatic carbocycles. The van der Waals surface area contributed by atoms with E-state index in [0.717, 1.165) is 13.1 Å². The van der Waals surface area contributed by atoms with E-state index in [9.17, 15) is 4.39 Å². The molecule has 100 valence electrons. The third kappa shape index (κ3) is 4.11. The van der Waals surface area contributed by atoms with Gasteiger partial charge < -0.3 is 5.73 Å². The van der Waals surface area contributed by atoms with Crippen molar-refractivity contribution in [2.75, 3.05) is 13.1 Å². The third-order valence-electron chi connectivity index (χ3n) is 2.83. The lowest BCUT2D eigenvalue weighted by atomic mass is 10.1. The standard InChI is InChI=1S/C14H22FN3/c1-4-18(8-10(2)3)9-12-6-5-11(14(16)17)7-13(12)15/h5-7,10H,4,8-9H2,1-3H3,(H3,16,17). The van der Waals surface area contributed by atoms with E-state index in [-0.39, 0.29) is 11.7 Å². The van der Waals surface area contributed by atoms with E-state index in [1.165, 1.54) is 6.07 Å². The highest BCUT2D eigenvalue weighted by Crippen LogP contribution is 2.13. The van der Waals surface area contributed by atoms with Crippen molar-refractivity contribution in [2.24, 2.45) is 11.7 Å². The Morgan fingerprint density at radius 3 is 2.56 bits per heavy atom. The molecule has 0 aliphatic heterocycles. The summed E-state index contributed by atoms with van der Waals surface area (Å²) in [6, 6.07) is 4.75. The van der Waals surface area contributed by atoms with Gasteiger partial charge in [0.1, 0.15) is 11.7 Å². The van der Waals surface area contributed by atoms with Crippen LogP contribution >= 0.6 is 0 Å². The molecule has 0 aromatic heterocycles. The molecule has 4 heteroatoms. The van der Waals surface area contributed by atoms with Gasteiger partial charge >= 0.3 is 0 Å². The first-order valence-electron chi connectivity index (χ1n) is 6.29. The molecule has 0 saturated heterocycles. The van der Waals surface area contributed by atoms with Crippen molar-refractivity contribution in [1.82, 2.24) is 4.90 Å². The molecule has 0 amide bonds. The summed E-state index contributed by atoms with van der Waals surface area (Å²) in [4.78, 5) is 2.20. The normalized spacial score (nSPS) is 11.2. The molecule has 0 saturated carbocycles. The topological polar surface area (TPSA) is 53.1 Å². The first-order chi connectivity index (χ1) is 8.43. The molecular formula is C14H22FN3. The van der Waals surface area contributed by atoms with Crippen molar-refractivity contribution in [1.29, 1.82) is 5.41 Å². The van der Waals surface area contributed by atoms with E-state index in [2.05, 4.69) is 25.7 Å². The summed E-state index contributed by atoms with van der Waals surface area (Å²) in [5, 5.41) is 7.27. The molecule has 1 rings (SSSR count). The van der Waals surface area contributed by atoms with Crippen molar-refractivity contribution < 1.29 is 4.39 Å². The maximum absolute atomic E-state index is 13.9. The number of hydrogen-bond donors (Lipinski definition) is 2. The van der Waals surface area contributed by atoms with E-state index < -0.39 is 0 Å². The predicted molar refractivity (Wildman–Crippen MR) is 73.2 cm³/mol. The molecule has 0 atom stereocenters. The molecule has 0 unspecified atom stereocenters. The van der Waals surface area contributed by atoms with E-state index in [4.69, 9.17) is 11.1 Å². The van der Waals surface area contributed by atoms with Gasteiger partial charge in [0.05, 0.1) is 0 Å². The predicted octanol–water partition coefficient (Wildman–Crippen LogP) is 2.59. The van der Waals surface area contributed by atoms with Crippen molar-refractivity contribution in [3.8, 4) is 0 Å². The zero-order valence-corrected chi connectivity index (χ0v) is 11.3. The molecule has 1 aromatic rings. The first-order valence-corrected chi connectivity index (χ1v) is 6.29. The Hall–Kier alpha value is -1.42. The molecule has 1 aromatic carbocycles. The summed E-state index contributed by atoms with van der Waals surface area (Å²) < 4.78 is 13.9. The molecule has 0 aliphatic rings. The Labute approximate surface area is 108 Å². The van der Waals surface area contributed by atoms with Gasteiger partial charge in [0, 0.05) is 24.2 Å². The second-order valence-electron chi connectivity index (χ2n) is 4.94. The number of amidine groups is 1. The van der Waals surface area contributed by atoms with Gasteiger partial charge in [-0.3, -0.25) is 10.3 Å². The molecule has 3 nitrogen and oxygen atoms in total. The van der Waals surface area contributed by atoms with Crippen LogP contribution < -0.4 is 5.73 Å². The van der Waals surface area contributed by atoms with E-state index >= 15 is 0 Å². The molecular weight excluding hydrogens is 229 g/mol. The van der Waals surface area contributed by atoms with Crippen LogP contribution in [0.15, 0.2) is 18.2 Å². The highest BCUT2D eigenvalue weighted by Gasteiger charge is 2.10. The van der Waals surface area contributed by atoms with Crippen LogP contribution in [0.25, 0.3) is 0 Å². The van der Waals surface area contributed by atoms with Gasteiger partial charge in [-0.15, -0.1) is 0 Å². The lowest BCUT2D eigenvalue weighted by Gasteiger charge is -2.22. The zero-order chi connectivity index (χ0) is 13.7. The molecule has 0 bridgehead atoms. The van der Waals surface area contributed by atoms with Crippen molar-refractivity contribution in [3.63, 3.8) is 0 Å². The second kappa shape index (κ2) is 6.50. The minimum atomic E-state index is -0.287. The van der Waals surface area contributed by atoms with Crippen molar-refractivity contribution >= 4 is 5.84 Å². The lowest BCUT2D eigenvalue weighted by molar-refractivity contribution is 0.245. The fourth-order valence-corrected chi connectivity index (χ4v) is 1.91. The Morgan fingerprint density at radius 1 is 1.44 bits per heavy atom. The van der Waals surface area contributed by atoms with E-state index in [1.807, 2.05) is 0 Å². The van der Waals surface area contributed by atoms with Crippen LogP contribution in [0.2, 0.25) is 0 Å². The Morgan fingerprint density at radius 2 is 2.11 bits per heavy atom. The number of nitrogens with two attached hydrogens (primary N) is 1. The summed E-state index contributed by atoms with van der Waals surface area (Å²) in [6.45, 7) is 8.81. The van der Waals surface area contributed by atoms with E-state index in [0.29, 0.717) is 23.6 Å². The van der Waals surface area contributed by atoms with Gasteiger partial charge in [-0.25, -0.2) is 4.39 Å². The summed E-state index contributed by atoms with van der Waals surface area (Å²) >= 11 is 0. The first kappa shape index (κ1) is 14.6. The fourth-order valence-electron chi connectivity index (χ4n) is 1.91. The number of nitrogens with zero attached hydrogens (tertiary/aromatic N) is 1. The smallest absolute Gasteiger partial charge is 0.128 e. The number of hydrogen-bond acceptors (Lipinski definition) is 2. The summed E-state index contributed by atoms with van der Waals surface area (Å²) in [5.74, 6) is 0.171. The lowest BCUT2D eigenvalue weighted by Crippen LogP contribution is -2.27. The average Bonchev–Trinajstić information content (AvgIpc) is 2.29. The average molecular weight is 251 g/mol. The maximum Gasteiger partial charge on any atom is 0.128 e. The van der Waals surface area contributed by atoms with Gasteiger partial charge in [-0.05, 0) is 18.5 Å². The van der Waals surface area contributed by atoms with Crippen molar-refractivity contribution in [2.45, 2.75) is 27.3 Å². The molecule has 0 spiro atoms. The maximum atomic E-state index is 13.9. The monoisotopic (exact) mass is 251 g/mol. The number of nitrogens with one attached hydrogen (secondary N) is 1. The van der Waals surface area contributed by atoms with E-state index in [1.54, 1.807) is 12.1 Å². The van der Waals surface area contributed by atoms with Gasteiger partial charge in [0.15, 0.2) is 0 Å². The molecule has 3 N–H and O–H groups in total. The van der Waals surface area contributed by atoms with Crippen molar-refractivity contribution in [3.05, 3.63) is 35.1 Å². The minimum Gasteiger partial charge on any atom is -0.384 e. The van der Waals surface area contributed by atoms with Crippen LogP contribution in [-0.2, 0) is 6.54 Å². The van der Waals surface area contributed by atoms with Crippen LogP contribution in [-0.4, -0.2) is 23.8 Å². The minimum absolute atomic E-state index is 0.102. The van der Waals surface area contributed by atoms with Crippen LogP contribution in [0.4, 0.5) is 4.39 Å². The third-order valence-corrected chi connectivity index (χ3v) is 2.83. The summed E-state index contributed by atoms with van der Waals surface area (Å²) in [7, 11) is 0. The fraction of sp³-hybridized carbons (Fsp3) is 0.500. The number of nitrogen functional groups attached to an aromatic ring is 1. The number of benzene rings is 1. The van der Waals surface area contributed by atoms with Crippen LogP contribution in [0, 0.1) is 17.1 Å². The highest BCUT2D eigenvalue weighted by molar-refractivity contribution is 5.94. The van der Waals surface area contributed by atoms with Crippen LogP contribution in [0.3, 0.4) is 0 Å². The zero-order valence-electron chi connectivity index (χ0n) is 11.3. The largest absolute Gasteiger partial charge is 0.384 e. The molecule has 0 fully saturated rings. The summed E-state index contributed by atoms with van der Waals surface area (Å²) in [6.07, 6.45) is 0. The van der Waals surface area contributed by atoms with Crippen LogP contribution in [0.1, 0.15) is 31.9 Å². The second-order valence-corrected chi connectivity index (χ2v) is 4.94. The van der Waals surface area contributed by atoms with Crippen LogP contribution in [0.5, 0.6) is 0 Å². The quantitative estimate of drug-likeness (QED) is 0.603. The molecule has 0 radical (unpaired) electrons. The Bertz CT molecular complexity index is 416. The van der Waals surface area contributed by atoms with Gasteiger partial charge in [0.2, 0.25) is 0 Å². The van der Waals surface area contributed by atoms with Gasteiger partial charge in [0.25, 0.3) is 0 Å². The molecule has 18 heavy (non-hydrogen) atoms. The van der Waals surface area contributed by atoms with Gasteiger partial charge in [-0.1, -0.05) is 32.9 Å². The molecule has 0 heterocycles. The van der Waals surface area contributed by atoms with Gasteiger partial charge in [-0.2, -0.15) is 0 Å². The summed E-state index contributed by atoms with van der Waals surface area (Å²) in [5.41, 5.74) is 6.42.